The Labute approximate surface area is 103 Å². The monoisotopic (exact) mass is 247 g/mol. The van der Waals surface area contributed by atoms with Gasteiger partial charge in [0.1, 0.15) is 0 Å². The Morgan fingerprint density at radius 3 is 2.78 bits per heavy atom. The Hall–Kier alpha value is -2.77. The van der Waals surface area contributed by atoms with E-state index >= 15 is 0 Å². The van der Waals surface area contributed by atoms with Crippen LogP contribution in [-0.2, 0) is 6.54 Å². The van der Waals surface area contributed by atoms with Gasteiger partial charge < -0.3 is 27.8 Å². The highest BCUT2D eigenvalue weighted by atomic mass is 16.2. The van der Waals surface area contributed by atoms with E-state index < -0.39 is 0 Å². The van der Waals surface area contributed by atoms with Crippen LogP contribution in [0.3, 0.4) is 0 Å². The van der Waals surface area contributed by atoms with E-state index in [1.165, 1.54) is 0 Å². The van der Waals surface area contributed by atoms with Crippen molar-refractivity contribution in [3.05, 3.63) is 23.8 Å². The summed E-state index contributed by atoms with van der Waals surface area (Å²) < 4.78 is 0. The molecule has 0 spiro atoms. The van der Waals surface area contributed by atoms with Crippen LogP contribution < -0.4 is 27.8 Å². The van der Waals surface area contributed by atoms with Gasteiger partial charge in [-0.1, -0.05) is 0 Å². The molecule has 1 aromatic rings. The predicted molar refractivity (Wildman–Crippen MR) is 69.4 cm³/mol. The first-order chi connectivity index (χ1) is 8.54. The van der Waals surface area contributed by atoms with Crippen LogP contribution in [0.1, 0.15) is 5.56 Å². The van der Waals surface area contributed by atoms with Gasteiger partial charge in [-0.3, -0.25) is 0 Å². The van der Waals surface area contributed by atoms with E-state index in [4.69, 9.17) is 17.2 Å². The van der Waals surface area contributed by atoms with Crippen LogP contribution in [0, 0.1) is 0 Å². The molecule has 0 radical (unpaired) electrons. The molecular weight excluding hydrogens is 234 g/mol. The summed E-state index contributed by atoms with van der Waals surface area (Å²) in [6.45, 7) is 0.437. The van der Waals surface area contributed by atoms with Crippen molar-refractivity contribution in [3.63, 3.8) is 0 Å². The molecule has 0 aromatic heterocycles. The summed E-state index contributed by atoms with van der Waals surface area (Å²) in [5, 5.41) is 5.33. The zero-order valence-corrected chi connectivity index (χ0v) is 9.47. The Morgan fingerprint density at radius 2 is 2.06 bits per heavy atom. The maximum atomic E-state index is 11.1. The van der Waals surface area contributed by atoms with Crippen molar-refractivity contribution >= 4 is 29.3 Å². The maximum absolute atomic E-state index is 11.1. The molecule has 1 heterocycles. The van der Waals surface area contributed by atoms with E-state index in [0.717, 1.165) is 11.3 Å². The summed E-state index contributed by atoms with van der Waals surface area (Å²) in [7, 11) is 0. The van der Waals surface area contributed by atoms with Crippen molar-refractivity contribution < 1.29 is 4.79 Å². The summed E-state index contributed by atoms with van der Waals surface area (Å²) in [6, 6.07) is 5.02. The molecule has 2 rings (SSSR count). The number of amides is 2. The van der Waals surface area contributed by atoms with Crippen molar-refractivity contribution in [1.82, 2.24) is 5.32 Å². The Morgan fingerprint density at radius 1 is 1.28 bits per heavy atom. The Balaban J connectivity index is 2.27. The predicted octanol–water partition coefficient (Wildman–Crippen LogP) is -0.459. The van der Waals surface area contributed by atoms with Crippen LogP contribution in [-0.4, -0.2) is 18.0 Å². The SMILES string of the molecule is NC(N)=NC(N)=Nc1ccc2c(c1)CNC(=O)N2. The molecule has 0 fully saturated rings. The zero-order chi connectivity index (χ0) is 13.1. The molecule has 8 nitrogen and oxygen atoms in total. The number of hydrogen-bond acceptors (Lipinski definition) is 2. The lowest BCUT2D eigenvalue weighted by Crippen LogP contribution is -2.33. The molecule has 8 N–H and O–H groups in total. The smallest absolute Gasteiger partial charge is 0.319 e. The number of rotatable bonds is 1. The van der Waals surface area contributed by atoms with E-state index in [1.807, 2.05) is 0 Å². The molecular formula is C10H13N7O. The van der Waals surface area contributed by atoms with Crippen molar-refractivity contribution in [2.75, 3.05) is 5.32 Å². The minimum absolute atomic E-state index is 0.0252. The van der Waals surface area contributed by atoms with Gasteiger partial charge in [0.05, 0.1) is 5.69 Å². The van der Waals surface area contributed by atoms with Gasteiger partial charge in [-0.05, 0) is 23.8 Å². The van der Waals surface area contributed by atoms with E-state index in [0.29, 0.717) is 12.2 Å². The van der Waals surface area contributed by atoms with Gasteiger partial charge in [-0.25, -0.2) is 9.79 Å². The first-order valence-electron chi connectivity index (χ1n) is 5.16. The molecule has 2 amide bonds. The highest BCUT2D eigenvalue weighted by molar-refractivity contribution is 5.94. The van der Waals surface area contributed by atoms with E-state index in [2.05, 4.69) is 20.6 Å². The second kappa shape index (κ2) is 4.62. The van der Waals surface area contributed by atoms with Crippen molar-refractivity contribution in [2.45, 2.75) is 6.54 Å². The van der Waals surface area contributed by atoms with E-state index in [9.17, 15) is 4.79 Å². The van der Waals surface area contributed by atoms with Gasteiger partial charge >= 0.3 is 6.03 Å². The molecule has 0 saturated heterocycles. The number of fused-ring (bicyclic) bond motifs is 1. The molecule has 18 heavy (non-hydrogen) atoms. The molecule has 0 aliphatic carbocycles. The molecule has 0 saturated carbocycles. The van der Waals surface area contributed by atoms with Gasteiger partial charge in [0.15, 0.2) is 5.96 Å². The first-order valence-corrected chi connectivity index (χ1v) is 5.16. The molecule has 8 heteroatoms. The average Bonchev–Trinajstić information content (AvgIpc) is 2.28. The summed E-state index contributed by atoms with van der Waals surface area (Å²) in [5.41, 5.74) is 18.2. The minimum atomic E-state index is -0.223. The summed E-state index contributed by atoms with van der Waals surface area (Å²) in [6.07, 6.45) is 0. The number of nitrogens with zero attached hydrogens (tertiary/aromatic N) is 2. The van der Waals surface area contributed by atoms with Crippen molar-refractivity contribution in [3.8, 4) is 0 Å². The highest BCUT2D eigenvalue weighted by Crippen LogP contribution is 2.24. The van der Waals surface area contributed by atoms with Crippen LogP contribution in [0.15, 0.2) is 28.2 Å². The topological polar surface area (TPSA) is 144 Å². The molecule has 94 valence electrons. The number of carbonyl (C=O) groups is 1. The lowest BCUT2D eigenvalue weighted by Gasteiger charge is -2.18. The average molecular weight is 247 g/mol. The highest BCUT2D eigenvalue weighted by Gasteiger charge is 2.13. The molecule has 1 aromatic carbocycles. The fourth-order valence-electron chi connectivity index (χ4n) is 1.55. The third-order valence-electron chi connectivity index (χ3n) is 2.26. The number of benzene rings is 1. The summed E-state index contributed by atoms with van der Waals surface area (Å²) in [5.74, 6) is -0.175. The van der Waals surface area contributed by atoms with Crippen LogP contribution in [0.25, 0.3) is 0 Å². The van der Waals surface area contributed by atoms with Crippen LogP contribution in [0.4, 0.5) is 16.2 Å². The van der Waals surface area contributed by atoms with Gasteiger partial charge in [0, 0.05) is 12.2 Å². The fraction of sp³-hybridized carbons (Fsp3) is 0.100. The van der Waals surface area contributed by atoms with E-state index in [-0.39, 0.29) is 18.0 Å². The fourth-order valence-corrected chi connectivity index (χ4v) is 1.55. The number of guanidine groups is 2. The normalized spacial score (nSPS) is 14.2. The zero-order valence-electron chi connectivity index (χ0n) is 9.47. The summed E-state index contributed by atoms with van der Waals surface area (Å²) in [4.78, 5) is 18.7. The summed E-state index contributed by atoms with van der Waals surface area (Å²) >= 11 is 0. The molecule has 0 atom stereocenters. The van der Waals surface area contributed by atoms with Crippen LogP contribution >= 0.6 is 0 Å². The number of hydrogen-bond donors (Lipinski definition) is 5. The van der Waals surface area contributed by atoms with Crippen LogP contribution in [0.2, 0.25) is 0 Å². The third kappa shape index (κ3) is 2.67. The second-order valence-electron chi connectivity index (χ2n) is 3.66. The van der Waals surface area contributed by atoms with Crippen LogP contribution in [0.5, 0.6) is 0 Å². The third-order valence-corrected chi connectivity index (χ3v) is 2.26. The van der Waals surface area contributed by atoms with Gasteiger partial charge in [0.25, 0.3) is 0 Å². The number of carbonyl (C=O) groups excluding carboxylic acids is 1. The van der Waals surface area contributed by atoms with E-state index in [1.54, 1.807) is 18.2 Å². The number of aliphatic imine (C=N–C) groups is 2. The number of nitrogens with one attached hydrogen (secondary N) is 2. The van der Waals surface area contributed by atoms with Crippen molar-refractivity contribution in [1.29, 1.82) is 0 Å². The molecule has 0 unspecified atom stereocenters. The molecule has 1 aliphatic heterocycles. The lowest BCUT2D eigenvalue weighted by molar-refractivity contribution is 0.251. The quantitative estimate of drug-likeness (QED) is 0.338. The largest absolute Gasteiger partial charge is 0.370 e. The van der Waals surface area contributed by atoms with Crippen molar-refractivity contribution in [2.24, 2.45) is 27.2 Å². The minimum Gasteiger partial charge on any atom is -0.370 e. The van der Waals surface area contributed by atoms with Gasteiger partial charge in [-0.15, -0.1) is 0 Å². The maximum Gasteiger partial charge on any atom is 0.319 e. The van der Waals surface area contributed by atoms with Gasteiger partial charge in [-0.2, -0.15) is 4.99 Å². The van der Waals surface area contributed by atoms with Gasteiger partial charge in [0.2, 0.25) is 5.96 Å². The number of nitrogens with two attached hydrogens (primary N) is 3. The molecule has 0 bridgehead atoms. The standard InChI is InChI=1S/C10H13N7O/c11-8(12)17-9(13)15-6-1-2-7-5(3-6)4-14-10(18)16-7/h1-3H,4H2,(H2,14,16,18)(H6,11,12,13,15,17). The Bertz CT molecular complexity index is 545. The number of urea groups is 1. The Kier molecular flexibility index (Phi) is 3.00. The lowest BCUT2D eigenvalue weighted by atomic mass is 10.1. The first kappa shape index (κ1) is 11.7. The molecule has 1 aliphatic rings. The second-order valence-corrected chi connectivity index (χ2v) is 3.66. The number of anilines is 1.